The highest BCUT2D eigenvalue weighted by Crippen LogP contribution is 2.78. The molecule has 1 heterocycles. The molecule has 6 aliphatic rings. The van der Waals surface area contributed by atoms with Crippen molar-refractivity contribution in [2.75, 3.05) is 6.61 Å². The summed E-state index contributed by atoms with van der Waals surface area (Å²) in [6.07, 6.45) is 6.19. The molecule has 3 aromatic carbocycles. The van der Waals surface area contributed by atoms with E-state index in [0.29, 0.717) is 52.9 Å². The zero-order valence-corrected chi connectivity index (χ0v) is 42.8. The van der Waals surface area contributed by atoms with Crippen molar-refractivity contribution in [3.05, 3.63) is 120 Å². The van der Waals surface area contributed by atoms with Crippen LogP contribution in [-0.4, -0.2) is 67.3 Å². The van der Waals surface area contributed by atoms with E-state index in [0.717, 1.165) is 51.4 Å². The Bertz CT molecular complexity index is 2400. The van der Waals surface area contributed by atoms with Crippen LogP contribution in [0.4, 0.5) is 0 Å². The van der Waals surface area contributed by atoms with Gasteiger partial charge in [0, 0.05) is 12.3 Å². The first kappa shape index (κ1) is 50.2. The van der Waals surface area contributed by atoms with Crippen molar-refractivity contribution >= 4 is 23.9 Å². The molecule has 376 valence electrons. The van der Waals surface area contributed by atoms with E-state index in [9.17, 15) is 19.2 Å². The lowest BCUT2D eigenvalue weighted by Gasteiger charge is -2.73. The molecule has 0 spiro atoms. The minimum atomic E-state index is -1.29. The molecule has 0 aromatic heterocycles. The van der Waals surface area contributed by atoms with Gasteiger partial charge in [0.25, 0.3) is 0 Å². The van der Waals surface area contributed by atoms with Crippen LogP contribution in [0.1, 0.15) is 157 Å². The lowest BCUT2D eigenvalue weighted by Crippen LogP contribution is -2.66. The van der Waals surface area contributed by atoms with Crippen LogP contribution in [0.25, 0.3) is 0 Å². The van der Waals surface area contributed by atoms with Gasteiger partial charge >= 0.3 is 23.9 Å². The minimum absolute atomic E-state index is 0.00555. The molecule has 70 heavy (non-hydrogen) atoms. The summed E-state index contributed by atoms with van der Waals surface area (Å²) in [4.78, 5) is 54.0. The summed E-state index contributed by atoms with van der Waals surface area (Å²) >= 11 is 0. The molecule has 0 N–H and O–H groups in total. The second-order valence-electron chi connectivity index (χ2n) is 23.5. The van der Waals surface area contributed by atoms with Crippen molar-refractivity contribution in [1.29, 1.82) is 0 Å². The topological polar surface area (TPSA) is 124 Å². The van der Waals surface area contributed by atoms with Crippen LogP contribution < -0.4 is 0 Å². The fraction of sp³-hybridized carbons (Fsp3) is 0.600. The van der Waals surface area contributed by atoms with Crippen molar-refractivity contribution in [2.24, 2.45) is 56.7 Å². The van der Waals surface area contributed by atoms with Gasteiger partial charge in [-0.3, -0.25) is 4.79 Å². The third-order valence-electron chi connectivity index (χ3n) is 19.9. The molecule has 3 aromatic rings. The largest absolute Gasteiger partial charge is 0.462 e. The Balaban J connectivity index is 0.989. The van der Waals surface area contributed by atoms with Gasteiger partial charge in [-0.15, -0.1) is 0 Å². The van der Waals surface area contributed by atoms with Gasteiger partial charge < -0.3 is 28.4 Å². The van der Waals surface area contributed by atoms with Crippen LogP contribution in [0.3, 0.4) is 0 Å². The number of carbonyl (C=O) groups excluding carboxylic acids is 4. The zero-order valence-electron chi connectivity index (χ0n) is 42.8. The van der Waals surface area contributed by atoms with Crippen LogP contribution in [0.2, 0.25) is 0 Å². The number of hydrogen-bond donors (Lipinski definition) is 0. The van der Waals surface area contributed by atoms with E-state index in [4.69, 9.17) is 28.4 Å². The molecule has 1 saturated heterocycles. The fourth-order valence-corrected chi connectivity index (χ4v) is 16.3. The maximum absolute atomic E-state index is 14.0. The van der Waals surface area contributed by atoms with Crippen molar-refractivity contribution in [1.82, 2.24) is 0 Å². The predicted molar refractivity (Wildman–Crippen MR) is 266 cm³/mol. The lowest BCUT2D eigenvalue weighted by molar-refractivity contribution is -0.293. The maximum atomic E-state index is 14.0. The third kappa shape index (κ3) is 8.75. The van der Waals surface area contributed by atoms with Gasteiger partial charge in [0.2, 0.25) is 0 Å². The molecule has 0 amide bonds. The molecular formula is C60H76O10. The molecule has 5 aliphatic carbocycles. The minimum Gasteiger partial charge on any atom is -0.462 e. The Morgan fingerprint density at radius 3 is 1.71 bits per heavy atom. The smallest absolute Gasteiger partial charge is 0.338 e. The van der Waals surface area contributed by atoms with Crippen molar-refractivity contribution in [2.45, 2.75) is 163 Å². The monoisotopic (exact) mass is 957 g/mol. The molecule has 9 rings (SSSR count). The molecule has 1 aliphatic heterocycles. The van der Waals surface area contributed by atoms with Gasteiger partial charge in [0.05, 0.1) is 29.4 Å². The Labute approximate surface area is 415 Å². The Hall–Kier alpha value is -4.80. The second kappa shape index (κ2) is 19.3. The van der Waals surface area contributed by atoms with E-state index in [1.165, 1.54) is 24.8 Å². The van der Waals surface area contributed by atoms with Gasteiger partial charge in [-0.2, -0.15) is 0 Å². The number of ether oxygens (including phenoxy) is 6. The molecule has 0 radical (unpaired) electrons. The van der Waals surface area contributed by atoms with Crippen LogP contribution in [0.5, 0.6) is 0 Å². The van der Waals surface area contributed by atoms with E-state index < -0.39 is 48.6 Å². The SMILES string of the molecule is C=C(C)[C@@H]1CC[C@]2(CCO[C@@H]3O[C@@H](C)[C@H](OC(=O)c4ccccc4)[C@@H](OC(=O)c4ccccc4)[C@H]3OC(=O)c3ccccc3)CC[C@]3(C)[C@H](CC[C@@H]4[C@@]5(C)CC[C@H](OC(C)=O)C(C)(C)[C@@H]5CC[C@]43C)[C@@H]12. The van der Waals surface area contributed by atoms with Crippen LogP contribution in [0.15, 0.2) is 103 Å². The molecule has 10 heteroatoms. The summed E-state index contributed by atoms with van der Waals surface area (Å²) < 4.78 is 38.3. The summed E-state index contributed by atoms with van der Waals surface area (Å²) in [6, 6.07) is 25.8. The lowest BCUT2D eigenvalue weighted by atomic mass is 9.32. The van der Waals surface area contributed by atoms with E-state index >= 15 is 0 Å². The Kier molecular flexibility index (Phi) is 13.8. The number of carbonyl (C=O) groups is 4. The van der Waals surface area contributed by atoms with Gasteiger partial charge in [-0.1, -0.05) is 101 Å². The maximum Gasteiger partial charge on any atom is 0.338 e. The zero-order chi connectivity index (χ0) is 49.8. The van der Waals surface area contributed by atoms with Gasteiger partial charge in [0.15, 0.2) is 24.6 Å². The highest BCUT2D eigenvalue weighted by molar-refractivity contribution is 5.91. The predicted octanol–water partition coefficient (Wildman–Crippen LogP) is 12.4. The average molecular weight is 957 g/mol. The first-order valence-electron chi connectivity index (χ1n) is 26.2. The summed E-state index contributed by atoms with van der Waals surface area (Å²) in [5, 5.41) is 0. The number of allylic oxidation sites excluding steroid dienone is 1. The number of rotatable bonds is 12. The molecule has 10 nitrogen and oxygen atoms in total. The molecule has 15 atom stereocenters. The van der Waals surface area contributed by atoms with Crippen molar-refractivity contribution in [3.63, 3.8) is 0 Å². The number of esters is 4. The Morgan fingerprint density at radius 2 is 1.16 bits per heavy atom. The average Bonchev–Trinajstić information content (AvgIpc) is 3.73. The van der Waals surface area contributed by atoms with Crippen LogP contribution in [0, 0.1) is 56.7 Å². The summed E-state index contributed by atoms with van der Waals surface area (Å²) in [5.74, 6) is 0.317. The van der Waals surface area contributed by atoms with Gasteiger partial charge in [-0.25, -0.2) is 14.4 Å². The molecule has 6 fully saturated rings. The van der Waals surface area contributed by atoms with E-state index in [1.807, 2.05) is 18.2 Å². The summed E-state index contributed by atoms with van der Waals surface area (Å²) in [5.41, 5.74) is 2.55. The Morgan fingerprint density at radius 1 is 0.600 bits per heavy atom. The van der Waals surface area contributed by atoms with Crippen LogP contribution in [-0.2, 0) is 33.2 Å². The van der Waals surface area contributed by atoms with Crippen molar-refractivity contribution < 1.29 is 47.6 Å². The molecule has 0 unspecified atom stereocenters. The number of benzene rings is 3. The molecule has 5 saturated carbocycles. The number of hydrogen-bond acceptors (Lipinski definition) is 10. The highest BCUT2D eigenvalue weighted by atomic mass is 16.7. The van der Waals surface area contributed by atoms with E-state index in [1.54, 1.807) is 86.6 Å². The van der Waals surface area contributed by atoms with Gasteiger partial charge in [0.1, 0.15) is 6.10 Å². The first-order valence-corrected chi connectivity index (χ1v) is 26.2. The summed E-state index contributed by atoms with van der Waals surface area (Å²) in [7, 11) is 0. The third-order valence-corrected chi connectivity index (χ3v) is 19.9. The number of fused-ring (bicyclic) bond motifs is 7. The standard InChI is InChI=1S/C60H76O10/c1-37(2)43-27-32-60(34-33-58(8)44(48(43)60)25-26-46-57(7)30-29-47(67-39(4)61)56(5,6)45(57)28-31-59(46,58)9)35-36-65-55-51(70-54(64)42-23-17-12-18-24-42)50(69-53(63)41-21-15-11-16-22-41)49(38(3)66-55)68-52(62)40-19-13-10-14-20-40/h10-24,38,43-51,55H,1,25-36H2,2-9H3/t38-,43-,44+,45-,46+,47-,48+,49-,50+,51+,55+,57-,58+,59+,60+/m0/s1. The first-order chi connectivity index (χ1) is 33.3. The van der Waals surface area contributed by atoms with E-state index in [2.05, 4.69) is 48.1 Å². The van der Waals surface area contributed by atoms with E-state index in [-0.39, 0.29) is 39.1 Å². The second-order valence-corrected chi connectivity index (χ2v) is 23.5. The highest BCUT2D eigenvalue weighted by Gasteiger charge is 2.71. The summed E-state index contributed by atoms with van der Waals surface area (Å²) in [6.45, 7) is 23.1. The fourth-order valence-electron chi connectivity index (χ4n) is 16.3. The molecular weight excluding hydrogens is 881 g/mol. The normalized spacial score (nSPS) is 38.3. The van der Waals surface area contributed by atoms with Crippen molar-refractivity contribution in [3.8, 4) is 0 Å². The quantitative estimate of drug-likeness (QED) is 0.0984. The van der Waals surface area contributed by atoms with Crippen LogP contribution >= 0.6 is 0 Å². The van der Waals surface area contributed by atoms with Gasteiger partial charge in [-0.05, 0) is 172 Å². The molecule has 0 bridgehead atoms.